The third-order valence-electron chi connectivity index (χ3n) is 5.61. The van der Waals surface area contributed by atoms with E-state index in [1.54, 1.807) is 4.90 Å². The van der Waals surface area contributed by atoms with E-state index in [1.807, 2.05) is 36.7 Å². The van der Waals surface area contributed by atoms with Gasteiger partial charge in [0, 0.05) is 31.0 Å². The number of hydrogen-bond donors (Lipinski definition) is 1. The smallest absolute Gasteiger partial charge is 0.308 e. The first-order valence-electron chi connectivity index (χ1n) is 8.54. The standard InChI is InChI=1S/C19H22N2O3/c1-11-3-6-16-13(7-11)8-17(20(16)2)18(22)21-9-14(12-4-5-12)15(10-21)19(23)24/h3,6-8,12,14-15H,4-5,9-10H2,1-2H3,(H,23,24)/t14-,15+/m0/s1. The lowest BCUT2D eigenvalue weighted by atomic mass is 9.92. The van der Waals surface area contributed by atoms with Crippen molar-refractivity contribution < 1.29 is 14.7 Å². The largest absolute Gasteiger partial charge is 0.481 e. The van der Waals surface area contributed by atoms with Crippen LogP contribution in [0.5, 0.6) is 0 Å². The summed E-state index contributed by atoms with van der Waals surface area (Å²) in [7, 11) is 1.90. The van der Waals surface area contributed by atoms with E-state index in [0.29, 0.717) is 24.7 Å². The Morgan fingerprint density at radius 1 is 1.17 bits per heavy atom. The number of aromatic nitrogens is 1. The van der Waals surface area contributed by atoms with Crippen molar-refractivity contribution in [2.75, 3.05) is 13.1 Å². The van der Waals surface area contributed by atoms with Gasteiger partial charge in [0.1, 0.15) is 5.69 Å². The lowest BCUT2D eigenvalue weighted by molar-refractivity contribution is -0.142. The van der Waals surface area contributed by atoms with Crippen LogP contribution in [0.25, 0.3) is 10.9 Å². The molecule has 0 unspecified atom stereocenters. The van der Waals surface area contributed by atoms with Crippen LogP contribution in [-0.4, -0.2) is 39.5 Å². The van der Waals surface area contributed by atoms with E-state index in [9.17, 15) is 14.7 Å². The summed E-state index contributed by atoms with van der Waals surface area (Å²) in [6.07, 6.45) is 2.20. The molecule has 5 nitrogen and oxygen atoms in total. The molecule has 0 radical (unpaired) electrons. The molecular weight excluding hydrogens is 304 g/mol. The summed E-state index contributed by atoms with van der Waals surface area (Å²) < 4.78 is 1.91. The Morgan fingerprint density at radius 2 is 1.92 bits per heavy atom. The first kappa shape index (κ1) is 15.2. The van der Waals surface area contributed by atoms with Crippen LogP contribution in [0.15, 0.2) is 24.3 Å². The van der Waals surface area contributed by atoms with Gasteiger partial charge in [-0.3, -0.25) is 9.59 Å². The fourth-order valence-corrected chi connectivity index (χ4v) is 4.09. The molecule has 1 amide bonds. The molecular formula is C19H22N2O3. The maximum Gasteiger partial charge on any atom is 0.308 e. The molecule has 0 spiro atoms. The minimum absolute atomic E-state index is 0.0549. The summed E-state index contributed by atoms with van der Waals surface area (Å²) in [4.78, 5) is 26.3. The van der Waals surface area contributed by atoms with Crippen LogP contribution in [0.3, 0.4) is 0 Å². The van der Waals surface area contributed by atoms with Gasteiger partial charge in [-0.2, -0.15) is 0 Å². The summed E-state index contributed by atoms with van der Waals surface area (Å²) in [5, 5.41) is 10.5. The van der Waals surface area contributed by atoms with Crippen LogP contribution in [0.4, 0.5) is 0 Å². The topological polar surface area (TPSA) is 62.5 Å². The lowest BCUT2D eigenvalue weighted by Gasteiger charge is -2.16. The third kappa shape index (κ3) is 2.39. The number of benzene rings is 1. The van der Waals surface area contributed by atoms with Crippen molar-refractivity contribution in [2.45, 2.75) is 19.8 Å². The van der Waals surface area contributed by atoms with Gasteiger partial charge in [-0.25, -0.2) is 0 Å². The molecule has 1 saturated carbocycles. The lowest BCUT2D eigenvalue weighted by Crippen LogP contribution is -2.31. The highest BCUT2D eigenvalue weighted by Gasteiger charge is 2.47. The zero-order chi connectivity index (χ0) is 17.0. The summed E-state index contributed by atoms with van der Waals surface area (Å²) >= 11 is 0. The second kappa shape index (κ2) is 5.36. The van der Waals surface area contributed by atoms with Crippen molar-refractivity contribution in [3.63, 3.8) is 0 Å². The number of rotatable bonds is 3. The number of aliphatic carboxylic acids is 1. The number of fused-ring (bicyclic) bond motifs is 1. The Hall–Kier alpha value is -2.30. The number of amides is 1. The van der Waals surface area contributed by atoms with Gasteiger partial charge < -0.3 is 14.6 Å². The summed E-state index contributed by atoms with van der Waals surface area (Å²) in [6, 6.07) is 8.06. The molecule has 1 aliphatic carbocycles. The highest BCUT2D eigenvalue weighted by molar-refractivity contribution is 5.99. The maximum absolute atomic E-state index is 13.0. The quantitative estimate of drug-likeness (QED) is 0.943. The zero-order valence-electron chi connectivity index (χ0n) is 14.0. The minimum atomic E-state index is -0.769. The van der Waals surface area contributed by atoms with Crippen molar-refractivity contribution in [1.82, 2.24) is 9.47 Å². The molecule has 2 fully saturated rings. The van der Waals surface area contributed by atoms with Crippen LogP contribution < -0.4 is 0 Å². The molecule has 24 heavy (non-hydrogen) atoms. The average Bonchev–Trinajstić information content (AvgIpc) is 3.20. The summed E-state index contributed by atoms with van der Waals surface area (Å²) in [5.74, 6) is -0.642. The Balaban J connectivity index is 1.64. The second-order valence-electron chi connectivity index (χ2n) is 7.31. The molecule has 1 aromatic heterocycles. The highest BCUT2D eigenvalue weighted by Crippen LogP contribution is 2.44. The SMILES string of the molecule is Cc1ccc2c(c1)cc(C(=O)N1C[C@@H](C(=O)O)[C@H](C3CC3)C1)n2C. The van der Waals surface area contributed by atoms with Crippen molar-refractivity contribution in [3.05, 3.63) is 35.5 Å². The van der Waals surface area contributed by atoms with E-state index in [4.69, 9.17) is 0 Å². The number of carbonyl (C=O) groups is 2. The third-order valence-corrected chi connectivity index (χ3v) is 5.61. The predicted octanol–water partition coefficient (Wildman–Crippen LogP) is 2.67. The van der Waals surface area contributed by atoms with Gasteiger partial charge in [-0.1, -0.05) is 11.6 Å². The Morgan fingerprint density at radius 3 is 2.58 bits per heavy atom. The Bertz CT molecular complexity index is 834. The van der Waals surface area contributed by atoms with Crippen molar-refractivity contribution >= 4 is 22.8 Å². The van der Waals surface area contributed by atoms with Gasteiger partial charge in [0.25, 0.3) is 5.91 Å². The van der Waals surface area contributed by atoms with Crippen LogP contribution in [0, 0.1) is 24.7 Å². The molecule has 4 rings (SSSR count). The summed E-state index contributed by atoms with van der Waals surface area (Å²) in [5.41, 5.74) is 2.82. The molecule has 1 saturated heterocycles. The Kier molecular flexibility index (Phi) is 3.41. The zero-order valence-corrected chi connectivity index (χ0v) is 14.0. The molecule has 2 atom stereocenters. The molecule has 1 aromatic carbocycles. The van der Waals surface area contributed by atoms with Gasteiger partial charge >= 0.3 is 5.97 Å². The van der Waals surface area contributed by atoms with E-state index in [1.165, 1.54) is 0 Å². The van der Waals surface area contributed by atoms with E-state index in [0.717, 1.165) is 29.3 Å². The van der Waals surface area contributed by atoms with Crippen LogP contribution in [-0.2, 0) is 11.8 Å². The van der Waals surface area contributed by atoms with Crippen LogP contribution >= 0.6 is 0 Å². The number of nitrogens with zero attached hydrogens (tertiary/aromatic N) is 2. The van der Waals surface area contributed by atoms with E-state index in [2.05, 4.69) is 6.07 Å². The monoisotopic (exact) mass is 326 g/mol. The predicted molar refractivity (Wildman–Crippen MR) is 90.9 cm³/mol. The van der Waals surface area contributed by atoms with Gasteiger partial charge in [0.15, 0.2) is 0 Å². The Labute approximate surface area is 140 Å². The number of aryl methyl sites for hydroxylation is 2. The van der Waals surface area contributed by atoms with Gasteiger partial charge in [-0.05, 0) is 49.8 Å². The van der Waals surface area contributed by atoms with Crippen molar-refractivity contribution in [2.24, 2.45) is 24.8 Å². The summed E-state index contributed by atoms with van der Waals surface area (Å²) in [6.45, 7) is 2.93. The van der Waals surface area contributed by atoms with Crippen LogP contribution in [0.1, 0.15) is 28.9 Å². The minimum Gasteiger partial charge on any atom is -0.481 e. The number of carboxylic acids is 1. The molecule has 2 aliphatic rings. The van der Waals surface area contributed by atoms with Gasteiger partial charge in [0.2, 0.25) is 0 Å². The molecule has 5 heteroatoms. The first-order chi connectivity index (χ1) is 11.5. The fourth-order valence-electron chi connectivity index (χ4n) is 4.09. The highest BCUT2D eigenvalue weighted by atomic mass is 16.4. The van der Waals surface area contributed by atoms with E-state index in [-0.39, 0.29) is 11.8 Å². The molecule has 0 bridgehead atoms. The molecule has 126 valence electrons. The van der Waals surface area contributed by atoms with Crippen LogP contribution in [0.2, 0.25) is 0 Å². The van der Waals surface area contributed by atoms with E-state index >= 15 is 0 Å². The van der Waals surface area contributed by atoms with E-state index < -0.39 is 11.9 Å². The number of carboxylic acid groups (broad SMARTS) is 1. The molecule has 2 aromatic rings. The number of hydrogen-bond acceptors (Lipinski definition) is 2. The molecule has 2 heterocycles. The number of likely N-dealkylation sites (tertiary alicyclic amines) is 1. The van der Waals surface area contributed by atoms with Gasteiger partial charge in [-0.15, -0.1) is 0 Å². The van der Waals surface area contributed by atoms with Gasteiger partial charge in [0.05, 0.1) is 5.92 Å². The normalized spacial score (nSPS) is 23.8. The molecule has 1 N–H and O–H groups in total. The van der Waals surface area contributed by atoms with Crippen molar-refractivity contribution in [3.8, 4) is 0 Å². The van der Waals surface area contributed by atoms with Crippen molar-refractivity contribution in [1.29, 1.82) is 0 Å². The fraction of sp³-hybridized carbons (Fsp3) is 0.474. The number of carbonyl (C=O) groups excluding carboxylic acids is 1. The second-order valence-corrected chi connectivity index (χ2v) is 7.31. The average molecular weight is 326 g/mol. The maximum atomic E-state index is 13.0. The first-order valence-corrected chi connectivity index (χ1v) is 8.54. The molecule has 1 aliphatic heterocycles.